The maximum Gasteiger partial charge on any atom is 0.303 e. The van der Waals surface area contributed by atoms with E-state index in [-0.39, 0.29) is 51.6 Å². The van der Waals surface area contributed by atoms with E-state index in [0.717, 1.165) is 24.8 Å². The average molecular weight is 579 g/mol. The second-order valence-corrected chi connectivity index (χ2v) is 25.7. The van der Waals surface area contributed by atoms with Crippen LogP contribution in [0.15, 0.2) is 24.3 Å². The van der Waals surface area contributed by atoms with Crippen LogP contribution in [0.2, 0.25) is 36.3 Å². The van der Waals surface area contributed by atoms with Gasteiger partial charge in [-0.05, 0) is 72.4 Å². The summed E-state index contributed by atoms with van der Waals surface area (Å²) < 4.78 is 20.1. The van der Waals surface area contributed by atoms with Crippen LogP contribution in [0.1, 0.15) is 101 Å². The molecule has 0 bridgehead atoms. The molecule has 0 N–H and O–H groups in total. The molecule has 0 heterocycles. The molecule has 2 aliphatic rings. The van der Waals surface area contributed by atoms with Gasteiger partial charge >= 0.3 is 5.97 Å². The lowest BCUT2D eigenvalue weighted by Crippen LogP contribution is -2.47. The van der Waals surface area contributed by atoms with Crippen molar-refractivity contribution in [2.75, 3.05) is 0 Å². The first kappa shape index (κ1) is 34.5. The van der Waals surface area contributed by atoms with Crippen LogP contribution in [0.4, 0.5) is 0 Å². The number of carbonyl (C=O) groups excluding carboxylic acids is 1. The van der Waals surface area contributed by atoms with Crippen molar-refractivity contribution in [2.24, 2.45) is 23.2 Å². The molecular formula is C33H62O4Si2. The second-order valence-electron chi connectivity index (χ2n) is 16.2. The van der Waals surface area contributed by atoms with Crippen molar-refractivity contribution in [1.29, 1.82) is 0 Å². The Morgan fingerprint density at radius 1 is 1.00 bits per heavy atom. The summed E-state index contributed by atoms with van der Waals surface area (Å²) in [7, 11) is -3.98. The van der Waals surface area contributed by atoms with E-state index in [4.69, 9.17) is 13.6 Å². The summed E-state index contributed by atoms with van der Waals surface area (Å²) in [5.74, 6) is 0.677. The van der Waals surface area contributed by atoms with E-state index in [1.807, 2.05) is 0 Å². The number of rotatable bonds is 11. The van der Waals surface area contributed by atoms with E-state index >= 15 is 0 Å². The molecule has 0 saturated heterocycles. The van der Waals surface area contributed by atoms with Crippen LogP contribution in [0, 0.1) is 23.2 Å². The fourth-order valence-electron chi connectivity index (χ4n) is 5.77. The van der Waals surface area contributed by atoms with Crippen molar-refractivity contribution < 1.29 is 18.4 Å². The van der Waals surface area contributed by atoms with Gasteiger partial charge in [0.1, 0.15) is 6.10 Å². The molecular weight excluding hydrogens is 517 g/mol. The van der Waals surface area contributed by atoms with E-state index in [9.17, 15) is 4.79 Å². The fourth-order valence-corrected chi connectivity index (χ4v) is 8.52. The van der Waals surface area contributed by atoms with Crippen molar-refractivity contribution in [3.63, 3.8) is 0 Å². The Morgan fingerprint density at radius 2 is 1.56 bits per heavy atom. The number of fused-ring (bicyclic) bond motifs is 1. The highest BCUT2D eigenvalue weighted by molar-refractivity contribution is 6.74. The van der Waals surface area contributed by atoms with Gasteiger partial charge in [0, 0.05) is 18.8 Å². The van der Waals surface area contributed by atoms with Crippen LogP contribution in [-0.4, -0.2) is 40.9 Å². The second kappa shape index (κ2) is 12.3. The summed E-state index contributed by atoms with van der Waals surface area (Å²) in [6.45, 7) is 36.2. The Balaban J connectivity index is 2.49. The molecule has 2 unspecified atom stereocenters. The highest BCUT2D eigenvalue weighted by Crippen LogP contribution is 2.54. The Hall–Kier alpha value is -0.696. The molecule has 0 spiro atoms. The molecule has 226 valence electrons. The maximum atomic E-state index is 12.0. The van der Waals surface area contributed by atoms with Crippen molar-refractivity contribution >= 4 is 22.6 Å². The molecule has 0 aromatic rings. The van der Waals surface area contributed by atoms with Gasteiger partial charge < -0.3 is 13.6 Å². The van der Waals surface area contributed by atoms with Crippen LogP contribution in [-0.2, 0) is 18.4 Å². The fraction of sp³-hybridized carbons (Fsp3) is 0.848. The predicted molar refractivity (Wildman–Crippen MR) is 171 cm³/mol. The van der Waals surface area contributed by atoms with Crippen molar-refractivity contribution in [3.8, 4) is 0 Å². The first-order valence-corrected chi connectivity index (χ1v) is 21.2. The molecule has 0 amide bonds. The molecule has 2 aliphatic carbocycles. The molecule has 0 aromatic carbocycles. The number of ether oxygens (including phenoxy) is 1. The zero-order valence-corrected chi connectivity index (χ0v) is 30.0. The number of hydrogen-bond acceptors (Lipinski definition) is 4. The summed E-state index contributed by atoms with van der Waals surface area (Å²) in [4.78, 5) is 12.0. The quantitative estimate of drug-likeness (QED) is 0.139. The summed E-state index contributed by atoms with van der Waals surface area (Å²) in [5.41, 5.74) is 1.09. The van der Waals surface area contributed by atoms with Crippen LogP contribution < -0.4 is 0 Å². The van der Waals surface area contributed by atoms with Crippen LogP contribution in [0.5, 0.6) is 0 Å². The Kier molecular flexibility index (Phi) is 10.9. The van der Waals surface area contributed by atoms with Gasteiger partial charge in [-0.2, -0.15) is 0 Å². The van der Waals surface area contributed by atoms with Gasteiger partial charge in [0.05, 0.1) is 12.2 Å². The molecule has 6 atom stereocenters. The predicted octanol–water partition coefficient (Wildman–Crippen LogP) is 9.68. The minimum atomic E-state index is -1.99. The van der Waals surface area contributed by atoms with Gasteiger partial charge in [0.2, 0.25) is 0 Å². The summed E-state index contributed by atoms with van der Waals surface area (Å²) in [5, 5.41) is 0.279. The van der Waals surface area contributed by atoms with E-state index in [0.29, 0.717) is 5.92 Å². The van der Waals surface area contributed by atoms with Crippen molar-refractivity contribution in [1.82, 2.24) is 0 Å². The Bertz CT molecular complexity index is 890. The first-order valence-electron chi connectivity index (χ1n) is 15.4. The number of carbonyl (C=O) groups is 1. The van der Waals surface area contributed by atoms with Gasteiger partial charge in [-0.1, -0.05) is 93.9 Å². The molecule has 4 nitrogen and oxygen atoms in total. The van der Waals surface area contributed by atoms with E-state index in [1.165, 1.54) is 19.8 Å². The highest BCUT2D eigenvalue weighted by Gasteiger charge is 2.54. The van der Waals surface area contributed by atoms with Gasteiger partial charge in [-0.25, -0.2) is 0 Å². The van der Waals surface area contributed by atoms with Gasteiger partial charge in [-0.3, -0.25) is 4.79 Å². The molecule has 0 aromatic heterocycles. The van der Waals surface area contributed by atoms with E-state index in [1.54, 1.807) is 0 Å². The molecule has 39 heavy (non-hydrogen) atoms. The Labute approximate surface area is 244 Å². The smallest absolute Gasteiger partial charge is 0.303 e. The molecule has 0 aliphatic heterocycles. The minimum absolute atomic E-state index is 0.0371. The standard InChI is InChI=1S/C33H62O4Si2/c1-16-17-20-33(10,11)29(37-39(14,15)32(7,8)9)19-18-25-26-21-23(2)30(35-24(3)34)27(26)22-28(25)36-38(12,13)31(4,5)6/h18-19,25-30H,2,16-17,20-22H2,1,3-15H3/t25-,26+,27-,28+,29?,30?/m0/s1. The van der Waals surface area contributed by atoms with Crippen molar-refractivity contribution in [2.45, 2.75) is 156 Å². The molecule has 6 heteroatoms. The monoisotopic (exact) mass is 578 g/mol. The van der Waals surface area contributed by atoms with Gasteiger partial charge in [0.15, 0.2) is 16.6 Å². The largest absolute Gasteiger partial charge is 0.458 e. The van der Waals surface area contributed by atoms with Gasteiger partial charge in [0.25, 0.3) is 0 Å². The lowest BCUT2D eigenvalue weighted by molar-refractivity contribution is -0.146. The van der Waals surface area contributed by atoms with Gasteiger partial charge in [-0.15, -0.1) is 0 Å². The summed E-state index contributed by atoms with van der Waals surface area (Å²) >= 11 is 0. The van der Waals surface area contributed by atoms with Crippen LogP contribution >= 0.6 is 0 Å². The number of unbranched alkanes of at least 4 members (excludes halogenated alkanes) is 1. The third-order valence-electron chi connectivity index (χ3n) is 10.5. The molecule has 2 rings (SSSR count). The number of hydrogen-bond donors (Lipinski definition) is 0. The first-order chi connectivity index (χ1) is 17.5. The third kappa shape index (κ3) is 8.20. The zero-order valence-electron chi connectivity index (χ0n) is 28.0. The van der Waals surface area contributed by atoms with Crippen LogP contribution in [0.3, 0.4) is 0 Å². The highest BCUT2D eigenvalue weighted by atomic mass is 28.4. The third-order valence-corrected chi connectivity index (χ3v) is 19.5. The lowest BCUT2D eigenvalue weighted by atomic mass is 9.80. The normalized spacial score (nSPS) is 27.7. The zero-order chi connectivity index (χ0) is 30.2. The SMILES string of the molecule is C=C1C[C@@H]2[C@H](C=CC(O[Si](C)(C)C(C)(C)C)C(C)(C)CCCC)[C@H](O[Si](C)(C)C(C)(C)C)C[C@@H]2C1OC(C)=O. The average Bonchev–Trinajstić information content (AvgIpc) is 3.22. The molecule has 2 saturated carbocycles. The van der Waals surface area contributed by atoms with E-state index < -0.39 is 16.6 Å². The van der Waals surface area contributed by atoms with Crippen molar-refractivity contribution in [3.05, 3.63) is 24.3 Å². The molecule has 2 fully saturated rings. The maximum absolute atomic E-state index is 12.0. The number of esters is 1. The van der Waals surface area contributed by atoms with Crippen LogP contribution in [0.25, 0.3) is 0 Å². The molecule has 0 radical (unpaired) electrons. The topological polar surface area (TPSA) is 44.8 Å². The Morgan fingerprint density at radius 3 is 2.05 bits per heavy atom. The minimum Gasteiger partial charge on any atom is -0.458 e. The summed E-state index contributed by atoms with van der Waals surface area (Å²) in [6, 6.07) is 0. The van der Waals surface area contributed by atoms with E-state index in [2.05, 4.69) is 107 Å². The lowest BCUT2D eigenvalue weighted by Gasteiger charge is -2.44. The summed E-state index contributed by atoms with van der Waals surface area (Å²) in [6.07, 6.45) is 10.1.